The van der Waals surface area contributed by atoms with Crippen LogP contribution in [0.3, 0.4) is 0 Å². The smallest absolute Gasteiger partial charge is 0.339 e. The van der Waals surface area contributed by atoms with Crippen molar-refractivity contribution in [2.75, 3.05) is 5.32 Å². The average Bonchev–Trinajstić information content (AvgIpc) is 2.36. The van der Waals surface area contributed by atoms with Crippen molar-refractivity contribution >= 4 is 17.5 Å². The SMILES string of the molecule is CC(C)CCC(C)Nc1ncc([N+](=O)[O-])cc1C(=O)O. The summed E-state index contributed by atoms with van der Waals surface area (Å²) < 4.78 is 0. The Morgan fingerprint density at radius 1 is 1.45 bits per heavy atom. The number of hydrogen-bond donors (Lipinski definition) is 2. The molecule has 0 spiro atoms. The zero-order valence-electron chi connectivity index (χ0n) is 11.8. The summed E-state index contributed by atoms with van der Waals surface area (Å²) in [5.41, 5.74) is -0.515. The highest BCUT2D eigenvalue weighted by molar-refractivity contribution is 5.93. The molecule has 0 saturated heterocycles. The topological polar surface area (TPSA) is 105 Å². The predicted octanol–water partition coefficient (Wildman–Crippen LogP) is 2.92. The van der Waals surface area contributed by atoms with Crippen LogP contribution in [0.1, 0.15) is 44.0 Å². The third-order valence-corrected chi connectivity index (χ3v) is 2.87. The lowest BCUT2D eigenvalue weighted by atomic mass is 10.0. The third kappa shape index (κ3) is 4.49. The molecule has 1 rings (SSSR count). The minimum atomic E-state index is -1.24. The minimum Gasteiger partial charge on any atom is -0.478 e. The second kappa shape index (κ2) is 6.83. The molecule has 0 aliphatic rings. The Hall–Kier alpha value is -2.18. The Morgan fingerprint density at radius 3 is 2.60 bits per heavy atom. The summed E-state index contributed by atoms with van der Waals surface area (Å²) in [6.45, 7) is 6.15. The van der Waals surface area contributed by atoms with Crippen LogP contribution in [0.25, 0.3) is 0 Å². The molecule has 1 atom stereocenters. The first-order valence-electron chi connectivity index (χ1n) is 6.45. The first-order valence-corrected chi connectivity index (χ1v) is 6.45. The monoisotopic (exact) mass is 281 g/mol. The Kier molecular flexibility index (Phi) is 5.42. The largest absolute Gasteiger partial charge is 0.478 e. The summed E-state index contributed by atoms with van der Waals surface area (Å²) in [4.78, 5) is 25.0. The van der Waals surface area contributed by atoms with Gasteiger partial charge in [0.1, 0.15) is 17.6 Å². The standard InChI is InChI=1S/C13H19N3O4/c1-8(2)4-5-9(3)15-12-11(13(17)18)6-10(7-14-12)16(19)20/h6-9H,4-5H2,1-3H3,(H,14,15)(H,17,18). The van der Waals surface area contributed by atoms with Crippen molar-refractivity contribution in [1.82, 2.24) is 4.98 Å². The van der Waals surface area contributed by atoms with Gasteiger partial charge in [-0.05, 0) is 25.7 Å². The molecule has 0 amide bonds. The van der Waals surface area contributed by atoms with Crippen molar-refractivity contribution in [3.05, 3.63) is 27.9 Å². The van der Waals surface area contributed by atoms with Gasteiger partial charge in [0.25, 0.3) is 5.69 Å². The van der Waals surface area contributed by atoms with Crippen molar-refractivity contribution in [3.63, 3.8) is 0 Å². The second-order valence-corrected chi connectivity index (χ2v) is 5.17. The number of carbonyl (C=O) groups is 1. The fraction of sp³-hybridized carbons (Fsp3) is 0.538. The number of nitro groups is 1. The highest BCUT2D eigenvalue weighted by Crippen LogP contribution is 2.20. The van der Waals surface area contributed by atoms with Crippen molar-refractivity contribution in [3.8, 4) is 0 Å². The number of carboxylic acids is 1. The van der Waals surface area contributed by atoms with Crippen molar-refractivity contribution in [1.29, 1.82) is 0 Å². The van der Waals surface area contributed by atoms with E-state index in [-0.39, 0.29) is 23.1 Å². The zero-order valence-corrected chi connectivity index (χ0v) is 11.8. The van der Waals surface area contributed by atoms with E-state index in [4.69, 9.17) is 5.11 Å². The lowest BCUT2D eigenvalue weighted by Gasteiger charge is -2.16. The summed E-state index contributed by atoms with van der Waals surface area (Å²) in [6, 6.07) is 1.07. The maximum absolute atomic E-state index is 11.1. The summed E-state index contributed by atoms with van der Waals surface area (Å²) in [5, 5.41) is 22.7. The van der Waals surface area contributed by atoms with Gasteiger partial charge in [-0.25, -0.2) is 9.78 Å². The van der Waals surface area contributed by atoms with Gasteiger partial charge in [0.05, 0.1) is 4.92 Å². The van der Waals surface area contributed by atoms with Crippen LogP contribution in [0.2, 0.25) is 0 Å². The molecule has 1 aromatic rings. The number of aromatic carboxylic acids is 1. The molecule has 0 aromatic carbocycles. The summed E-state index contributed by atoms with van der Waals surface area (Å²) in [5.74, 6) is -0.512. The fourth-order valence-corrected chi connectivity index (χ4v) is 1.72. The highest BCUT2D eigenvalue weighted by Gasteiger charge is 2.18. The van der Waals surface area contributed by atoms with E-state index in [1.165, 1.54) is 0 Å². The molecule has 20 heavy (non-hydrogen) atoms. The molecule has 1 unspecified atom stereocenters. The molecule has 0 bridgehead atoms. The number of carboxylic acid groups (broad SMARTS) is 1. The second-order valence-electron chi connectivity index (χ2n) is 5.17. The van der Waals surface area contributed by atoms with Gasteiger partial charge in [-0.15, -0.1) is 0 Å². The van der Waals surface area contributed by atoms with E-state index < -0.39 is 10.9 Å². The van der Waals surface area contributed by atoms with E-state index >= 15 is 0 Å². The van der Waals surface area contributed by atoms with E-state index in [2.05, 4.69) is 24.1 Å². The fourth-order valence-electron chi connectivity index (χ4n) is 1.72. The number of anilines is 1. The normalized spacial score (nSPS) is 12.2. The van der Waals surface area contributed by atoms with Gasteiger partial charge in [0, 0.05) is 12.1 Å². The zero-order chi connectivity index (χ0) is 15.3. The van der Waals surface area contributed by atoms with E-state index in [0.29, 0.717) is 5.92 Å². The molecular weight excluding hydrogens is 262 g/mol. The van der Waals surface area contributed by atoms with Gasteiger partial charge in [-0.2, -0.15) is 0 Å². The van der Waals surface area contributed by atoms with Gasteiger partial charge in [0.15, 0.2) is 0 Å². The van der Waals surface area contributed by atoms with Crippen LogP contribution in [0.4, 0.5) is 11.5 Å². The number of pyridine rings is 1. The maximum Gasteiger partial charge on any atom is 0.339 e. The minimum absolute atomic E-state index is 0.0458. The molecule has 1 heterocycles. The Bertz CT molecular complexity index is 502. The van der Waals surface area contributed by atoms with Crippen LogP contribution >= 0.6 is 0 Å². The van der Waals surface area contributed by atoms with Crippen molar-refractivity contribution in [2.24, 2.45) is 5.92 Å². The first kappa shape index (κ1) is 15.9. The number of rotatable bonds is 7. The summed E-state index contributed by atoms with van der Waals surface area (Å²) in [7, 11) is 0. The van der Waals surface area contributed by atoms with Crippen LogP contribution in [0.5, 0.6) is 0 Å². The van der Waals surface area contributed by atoms with Crippen molar-refractivity contribution in [2.45, 2.75) is 39.7 Å². The number of aromatic nitrogens is 1. The molecule has 0 saturated carbocycles. The van der Waals surface area contributed by atoms with E-state index in [1.54, 1.807) is 0 Å². The van der Waals surface area contributed by atoms with E-state index in [0.717, 1.165) is 25.1 Å². The molecule has 0 aliphatic carbocycles. The van der Waals surface area contributed by atoms with Gasteiger partial charge in [0.2, 0.25) is 0 Å². The molecule has 0 fully saturated rings. The van der Waals surface area contributed by atoms with Crippen LogP contribution in [0, 0.1) is 16.0 Å². The molecule has 1 aromatic heterocycles. The summed E-state index contributed by atoms with van der Waals surface area (Å²) >= 11 is 0. The van der Waals surface area contributed by atoms with Crippen LogP contribution in [0.15, 0.2) is 12.3 Å². The van der Waals surface area contributed by atoms with Gasteiger partial charge in [-0.3, -0.25) is 10.1 Å². The average molecular weight is 281 g/mol. The lowest BCUT2D eigenvalue weighted by Crippen LogP contribution is -2.19. The lowest BCUT2D eigenvalue weighted by molar-refractivity contribution is -0.385. The molecule has 110 valence electrons. The number of nitrogens with one attached hydrogen (secondary N) is 1. The molecule has 2 N–H and O–H groups in total. The van der Waals surface area contributed by atoms with Gasteiger partial charge in [-0.1, -0.05) is 13.8 Å². The van der Waals surface area contributed by atoms with E-state index in [1.807, 2.05) is 6.92 Å². The van der Waals surface area contributed by atoms with Crippen LogP contribution < -0.4 is 5.32 Å². The van der Waals surface area contributed by atoms with Gasteiger partial charge < -0.3 is 10.4 Å². The predicted molar refractivity (Wildman–Crippen MR) is 75.0 cm³/mol. The van der Waals surface area contributed by atoms with Gasteiger partial charge >= 0.3 is 5.97 Å². The third-order valence-electron chi connectivity index (χ3n) is 2.87. The van der Waals surface area contributed by atoms with Crippen LogP contribution in [-0.4, -0.2) is 27.0 Å². The Morgan fingerprint density at radius 2 is 2.10 bits per heavy atom. The molecule has 0 aliphatic heterocycles. The van der Waals surface area contributed by atoms with Crippen molar-refractivity contribution < 1.29 is 14.8 Å². The first-order chi connectivity index (χ1) is 9.31. The van der Waals surface area contributed by atoms with E-state index in [9.17, 15) is 14.9 Å². The Balaban J connectivity index is 2.89. The highest BCUT2D eigenvalue weighted by atomic mass is 16.6. The number of hydrogen-bond acceptors (Lipinski definition) is 5. The Labute approximate surface area is 117 Å². The molecule has 7 nitrogen and oxygen atoms in total. The quantitative estimate of drug-likeness (QED) is 0.588. The van der Waals surface area contributed by atoms with Crippen LogP contribution in [-0.2, 0) is 0 Å². The maximum atomic E-state index is 11.1. The molecule has 0 radical (unpaired) electrons. The molecule has 7 heteroatoms. The summed E-state index contributed by atoms with van der Waals surface area (Å²) in [6.07, 6.45) is 2.93. The molecular formula is C13H19N3O4. The number of nitrogens with zero attached hydrogens (tertiary/aromatic N) is 2.